The van der Waals surface area contributed by atoms with Crippen molar-refractivity contribution in [1.29, 1.82) is 0 Å². The summed E-state index contributed by atoms with van der Waals surface area (Å²) in [7, 11) is -5.02. The Labute approximate surface area is 162 Å². The molecule has 4 aromatic carbocycles. The quantitative estimate of drug-likeness (QED) is 0.296. The van der Waals surface area contributed by atoms with Gasteiger partial charge in [0.2, 0.25) is 6.10 Å². The van der Waals surface area contributed by atoms with Crippen LogP contribution in [0.15, 0.2) is 54.6 Å². The van der Waals surface area contributed by atoms with E-state index in [0.29, 0.717) is 10.8 Å². The minimum absolute atomic E-state index is 0.125. The summed E-state index contributed by atoms with van der Waals surface area (Å²) in [4.78, 5) is 12.5. The molecule has 0 aromatic heterocycles. The predicted molar refractivity (Wildman–Crippen MR) is 102 cm³/mol. The second kappa shape index (κ2) is 6.57. The number of carbonyl (C=O) groups excluding carboxylic acids is 1. The predicted octanol–water partition coefficient (Wildman–Crippen LogP) is 4.56. The third-order valence-electron chi connectivity index (χ3n) is 4.72. The zero-order valence-corrected chi connectivity index (χ0v) is 15.4. The second-order valence-corrected chi connectivity index (χ2v) is 8.15. The third-order valence-corrected chi connectivity index (χ3v) is 5.45. The van der Waals surface area contributed by atoms with Gasteiger partial charge in [0.05, 0.1) is 5.56 Å². The van der Waals surface area contributed by atoms with Crippen LogP contribution in [0.25, 0.3) is 32.3 Å². The maximum absolute atomic E-state index is 13.1. The van der Waals surface area contributed by atoms with Crippen molar-refractivity contribution in [3.05, 3.63) is 60.2 Å². The summed E-state index contributed by atoms with van der Waals surface area (Å²) in [5.41, 5.74) is -0.125. The van der Waals surface area contributed by atoms with Gasteiger partial charge < -0.3 is 4.74 Å². The molecule has 0 radical (unpaired) electrons. The Morgan fingerprint density at radius 3 is 2.07 bits per heavy atom. The van der Waals surface area contributed by atoms with Gasteiger partial charge in [-0.05, 0) is 38.4 Å². The largest absolute Gasteiger partial charge is 0.448 e. The van der Waals surface area contributed by atoms with Crippen LogP contribution in [0, 0.1) is 0 Å². The first kappa shape index (κ1) is 19.4. The van der Waals surface area contributed by atoms with E-state index in [2.05, 4.69) is 4.74 Å². The molecule has 0 aliphatic carbocycles. The molecule has 0 saturated heterocycles. The zero-order chi connectivity index (χ0) is 21.0. The third kappa shape index (κ3) is 3.58. The van der Waals surface area contributed by atoms with Crippen LogP contribution in [0.1, 0.15) is 10.4 Å². The molecule has 4 rings (SSSR count). The Morgan fingerprint density at radius 2 is 1.48 bits per heavy atom. The van der Waals surface area contributed by atoms with Crippen LogP contribution in [0.3, 0.4) is 0 Å². The number of benzene rings is 4. The second-order valence-electron chi connectivity index (χ2n) is 6.65. The molecule has 5 nitrogen and oxygen atoms in total. The Hall–Kier alpha value is -2.91. The molecule has 0 heterocycles. The summed E-state index contributed by atoms with van der Waals surface area (Å²) in [6.07, 6.45) is -8.14. The summed E-state index contributed by atoms with van der Waals surface area (Å²) in [5, 5.41) is 4.57. The van der Waals surface area contributed by atoms with E-state index in [4.69, 9.17) is 4.55 Å². The lowest BCUT2D eigenvalue weighted by Crippen LogP contribution is -2.39. The average molecular weight is 422 g/mol. The number of ether oxygens (including phenoxy) is 1. The van der Waals surface area contributed by atoms with Crippen LogP contribution >= 0.6 is 0 Å². The van der Waals surface area contributed by atoms with Gasteiger partial charge >= 0.3 is 12.1 Å². The highest BCUT2D eigenvalue weighted by molar-refractivity contribution is 7.85. The molecular formula is C20H13F3O5S. The fraction of sp³-hybridized carbons (Fsp3) is 0.150. The highest BCUT2D eigenvalue weighted by Gasteiger charge is 2.45. The molecule has 0 aliphatic rings. The number of halogens is 3. The molecule has 1 N–H and O–H groups in total. The van der Waals surface area contributed by atoms with Gasteiger partial charge in [0.25, 0.3) is 10.1 Å². The number of hydrogen-bond donors (Lipinski definition) is 1. The average Bonchev–Trinajstić information content (AvgIpc) is 2.63. The molecule has 150 valence electrons. The Kier molecular flexibility index (Phi) is 4.39. The van der Waals surface area contributed by atoms with E-state index in [-0.39, 0.29) is 5.56 Å². The minimum Gasteiger partial charge on any atom is -0.448 e. The van der Waals surface area contributed by atoms with E-state index in [9.17, 15) is 26.4 Å². The van der Waals surface area contributed by atoms with Gasteiger partial charge in [0, 0.05) is 0 Å². The Bertz CT molecular complexity index is 1330. The summed E-state index contributed by atoms with van der Waals surface area (Å²) >= 11 is 0. The van der Waals surface area contributed by atoms with Gasteiger partial charge in [-0.15, -0.1) is 0 Å². The molecule has 29 heavy (non-hydrogen) atoms. The standard InChI is InChI=1S/C20H13F3O5S/c21-20(22,23)16(10-29(25,26)27)28-19(24)15-9-7-13-5-4-11-2-1-3-12-6-8-14(15)18(13)17(11)12/h1-9,16H,10H2,(H,25,26,27). The van der Waals surface area contributed by atoms with E-state index >= 15 is 0 Å². The van der Waals surface area contributed by atoms with Crippen molar-refractivity contribution in [2.45, 2.75) is 12.3 Å². The monoisotopic (exact) mass is 422 g/mol. The van der Waals surface area contributed by atoms with Gasteiger partial charge in [-0.3, -0.25) is 4.55 Å². The van der Waals surface area contributed by atoms with E-state index < -0.39 is 34.1 Å². The first-order valence-corrected chi connectivity index (χ1v) is 10.0. The lowest BCUT2D eigenvalue weighted by molar-refractivity contribution is -0.197. The number of carbonyl (C=O) groups is 1. The molecule has 0 saturated carbocycles. The molecule has 0 bridgehead atoms. The normalized spacial score (nSPS) is 13.9. The molecule has 0 fully saturated rings. The van der Waals surface area contributed by atoms with Crippen molar-refractivity contribution in [2.24, 2.45) is 0 Å². The topological polar surface area (TPSA) is 80.7 Å². The summed E-state index contributed by atoms with van der Waals surface area (Å²) in [5.74, 6) is -3.09. The SMILES string of the molecule is O=C(OC(CS(=O)(=O)O)C(F)(F)F)c1ccc2ccc3cccc4ccc1c2c34. The van der Waals surface area contributed by atoms with Gasteiger partial charge in [0.15, 0.2) is 0 Å². The molecule has 9 heteroatoms. The van der Waals surface area contributed by atoms with Gasteiger partial charge in [-0.1, -0.05) is 48.5 Å². The van der Waals surface area contributed by atoms with Crippen LogP contribution in [0.5, 0.6) is 0 Å². The zero-order valence-electron chi connectivity index (χ0n) is 14.6. The van der Waals surface area contributed by atoms with Gasteiger partial charge in [-0.25, -0.2) is 4.79 Å². The molecule has 0 spiro atoms. The fourth-order valence-corrected chi connectivity index (χ4v) is 4.13. The lowest BCUT2D eigenvalue weighted by Gasteiger charge is -2.20. The van der Waals surface area contributed by atoms with Crippen LogP contribution < -0.4 is 0 Å². The van der Waals surface area contributed by atoms with E-state index in [0.717, 1.165) is 21.5 Å². The van der Waals surface area contributed by atoms with Crippen molar-refractivity contribution < 1.29 is 35.7 Å². The molecule has 0 aliphatic heterocycles. The molecule has 4 aromatic rings. The van der Waals surface area contributed by atoms with Crippen molar-refractivity contribution in [1.82, 2.24) is 0 Å². The molecule has 1 atom stereocenters. The molecular weight excluding hydrogens is 409 g/mol. The number of rotatable bonds is 4. The maximum atomic E-state index is 13.1. The van der Waals surface area contributed by atoms with Gasteiger partial charge in [0.1, 0.15) is 5.75 Å². The summed E-state index contributed by atoms with van der Waals surface area (Å²) in [6.45, 7) is 0. The van der Waals surface area contributed by atoms with Crippen LogP contribution in [0.2, 0.25) is 0 Å². The van der Waals surface area contributed by atoms with Crippen molar-refractivity contribution in [3.63, 3.8) is 0 Å². The van der Waals surface area contributed by atoms with Crippen molar-refractivity contribution in [2.75, 3.05) is 5.75 Å². The fourth-order valence-electron chi connectivity index (χ4n) is 3.49. The Morgan fingerprint density at radius 1 is 0.931 bits per heavy atom. The van der Waals surface area contributed by atoms with Crippen molar-refractivity contribution in [3.8, 4) is 0 Å². The molecule has 0 amide bonds. The highest BCUT2D eigenvalue weighted by Crippen LogP contribution is 2.36. The smallest absolute Gasteiger partial charge is 0.426 e. The van der Waals surface area contributed by atoms with E-state index in [1.54, 1.807) is 18.2 Å². The summed E-state index contributed by atoms with van der Waals surface area (Å²) in [6, 6.07) is 15.7. The first-order chi connectivity index (χ1) is 13.5. The number of alkyl halides is 3. The van der Waals surface area contributed by atoms with Crippen molar-refractivity contribution >= 4 is 48.4 Å². The molecule has 1 unspecified atom stereocenters. The maximum Gasteiger partial charge on any atom is 0.426 e. The van der Waals surface area contributed by atoms with Gasteiger partial charge in [-0.2, -0.15) is 21.6 Å². The highest BCUT2D eigenvalue weighted by atomic mass is 32.2. The minimum atomic E-state index is -5.16. The lowest BCUT2D eigenvalue weighted by atomic mass is 9.92. The van der Waals surface area contributed by atoms with Crippen LogP contribution in [0.4, 0.5) is 13.2 Å². The van der Waals surface area contributed by atoms with E-state index in [1.165, 1.54) is 6.07 Å². The number of esters is 1. The first-order valence-electron chi connectivity index (χ1n) is 8.44. The number of hydrogen-bond acceptors (Lipinski definition) is 4. The summed E-state index contributed by atoms with van der Waals surface area (Å²) < 4.78 is 74.4. The Balaban J connectivity index is 1.84. The van der Waals surface area contributed by atoms with E-state index in [1.807, 2.05) is 30.3 Å². The van der Waals surface area contributed by atoms with Crippen LogP contribution in [-0.2, 0) is 14.9 Å². The van der Waals surface area contributed by atoms with Crippen LogP contribution in [-0.4, -0.2) is 37.0 Å².